The van der Waals surface area contributed by atoms with Crippen molar-refractivity contribution in [3.8, 4) is 11.5 Å². The number of carbonyl (C=O) groups excluding carboxylic acids is 2. The Hall–Kier alpha value is -3.06. The van der Waals surface area contributed by atoms with Gasteiger partial charge >= 0.3 is 0 Å². The number of aromatic hydroxyl groups is 1. The Bertz CT molecular complexity index is 866. The fourth-order valence-electron chi connectivity index (χ4n) is 2.48. The fraction of sp³-hybridized carbons (Fsp3) is 0.250. The molecule has 0 aromatic heterocycles. The van der Waals surface area contributed by atoms with E-state index in [1.165, 1.54) is 24.4 Å². The molecular weight excluding hydrogens is 382 g/mol. The first-order valence-corrected chi connectivity index (χ1v) is 8.96. The topological polar surface area (TPSA) is 100 Å². The van der Waals surface area contributed by atoms with Crippen molar-refractivity contribution in [3.63, 3.8) is 0 Å². The first-order chi connectivity index (χ1) is 13.3. The second-order valence-electron chi connectivity index (χ2n) is 6.38. The summed E-state index contributed by atoms with van der Waals surface area (Å²) in [4.78, 5) is 25.0. The number of phenols is 1. The van der Waals surface area contributed by atoms with E-state index in [1.54, 1.807) is 45.2 Å². The average molecular weight is 404 g/mol. The third-order valence-corrected chi connectivity index (χ3v) is 4.19. The lowest BCUT2D eigenvalue weighted by molar-refractivity contribution is -0.134. The second kappa shape index (κ2) is 9.75. The maximum absolute atomic E-state index is 12.6. The normalized spacial score (nSPS) is 12.0. The highest BCUT2D eigenvalue weighted by atomic mass is 35.5. The average Bonchev–Trinajstić information content (AvgIpc) is 2.65. The number of hydrazone groups is 1. The highest BCUT2D eigenvalue weighted by molar-refractivity contribution is 6.30. The number of hydrogen-bond donors (Lipinski definition) is 3. The quantitative estimate of drug-likeness (QED) is 0.374. The Morgan fingerprint density at radius 2 is 1.82 bits per heavy atom. The van der Waals surface area contributed by atoms with Gasteiger partial charge < -0.3 is 15.2 Å². The number of ether oxygens (including phenoxy) is 1. The number of nitrogens with one attached hydrogen (secondary N) is 2. The monoisotopic (exact) mass is 403 g/mol. The van der Waals surface area contributed by atoms with Crippen LogP contribution in [0.5, 0.6) is 11.5 Å². The molecule has 2 rings (SSSR count). The molecule has 2 aromatic rings. The van der Waals surface area contributed by atoms with Crippen molar-refractivity contribution in [2.24, 2.45) is 16.9 Å². The molecule has 1 unspecified atom stereocenters. The van der Waals surface area contributed by atoms with Gasteiger partial charge in [0.1, 0.15) is 17.4 Å². The van der Waals surface area contributed by atoms with Gasteiger partial charge in [0, 0.05) is 16.3 Å². The summed E-state index contributed by atoms with van der Waals surface area (Å²) in [6.45, 7) is 3.54. The highest BCUT2D eigenvalue weighted by Gasteiger charge is 2.29. The van der Waals surface area contributed by atoms with E-state index in [4.69, 9.17) is 16.3 Å². The van der Waals surface area contributed by atoms with Crippen LogP contribution in [0.15, 0.2) is 47.6 Å². The van der Waals surface area contributed by atoms with E-state index in [1.807, 2.05) is 0 Å². The molecule has 0 bridgehead atoms. The number of carbonyl (C=O) groups is 2. The molecule has 0 aliphatic rings. The van der Waals surface area contributed by atoms with Gasteiger partial charge in [-0.05, 0) is 48.4 Å². The molecule has 0 radical (unpaired) electrons. The van der Waals surface area contributed by atoms with Crippen LogP contribution in [0.4, 0.5) is 5.69 Å². The molecule has 1 atom stereocenters. The maximum atomic E-state index is 12.6. The fourth-order valence-corrected chi connectivity index (χ4v) is 2.66. The van der Waals surface area contributed by atoms with Gasteiger partial charge in [-0.1, -0.05) is 25.4 Å². The number of nitrogens with zero attached hydrogens (tertiary/aromatic N) is 1. The van der Waals surface area contributed by atoms with E-state index in [0.717, 1.165) is 0 Å². The largest absolute Gasteiger partial charge is 0.507 e. The minimum absolute atomic E-state index is 0.0277. The van der Waals surface area contributed by atoms with Crippen LogP contribution in [-0.2, 0) is 9.59 Å². The summed E-state index contributed by atoms with van der Waals surface area (Å²) in [5.41, 5.74) is 3.24. The van der Waals surface area contributed by atoms with E-state index in [0.29, 0.717) is 22.0 Å². The summed E-state index contributed by atoms with van der Waals surface area (Å²) in [6, 6.07) is 11.3. The van der Waals surface area contributed by atoms with E-state index in [2.05, 4.69) is 15.8 Å². The standard InChI is InChI=1S/C20H22ClN3O4/c1-12(2)18(19(26)23-15-5-7-16(28-3)8-6-15)20(27)24-22-11-13-10-14(21)4-9-17(13)25/h4-12,18,25H,1-3H3,(H,23,26)(H,24,27). The Labute approximate surface area is 168 Å². The summed E-state index contributed by atoms with van der Waals surface area (Å²) in [7, 11) is 1.55. The van der Waals surface area contributed by atoms with Crippen molar-refractivity contribution in [3.05, 3.63) is 53.1 Å². The molecule has 8 heteroatoms. The van der Waals surface area contributed by atoms with E-state index >= 15 is 0 Å². The van der Waals surface area contributed by atoms with Gasteiger partial charge in [-0.25, -0.2) is 5.43 Å². The van der Waals surface area contributed by atoms with E-state index in [9.17, 15) is 14.7 Å². The van der Waals surface area contributed by atoms with Crippen molar-refractivity contribution in [2.45, 2.75) is 13.8 Å². The van der Waals surface area contributed by atoms with Gasteiger partial charge in [-0.15, -0.1) is 0 Å². The summed E-state index contributed by atoms with van der Waals surface area (Å²) in [5.74, 6) is -1.58. The lowest BCUT2D eigenvalue weighted by atomic mass is 9.94. The van der Waals surface area contributed by atoms with Crippen LogP contribution >= 0.6 is 11.6 Å². The number of methoxy groups -OCH3 is 1. The lowest BCUT2D eigenvalue weighted by Crippen LogP contribution is -2.39. The van der Waals surface area contributed by atoms with Crippen molar-refractivity contribution in [1.29, 1.82) is 0 Å². The predicted molar refractivity (Wildman–Crippen MR) is 109 cm³/mol. The molecule has 3 N–H and O–H groups in total. The second-order valence-corrected chi connectivity index (χ2v) is 6.81. The van der Waals surface area contributed by atoms with Gasteiger partial charge in [-0.2, -0.15) is 5.10 Å². The van der Waals surface area contributed by atoms with Crippen LogP contribution in [0.1, 0.15) is 19.4 Å². The van der Waals surface area contributed by atoms with Crippen molar-refractivity contribution in [2.75, 3.05) is 12.4 Å². The minimum atomic E-state index is -0.952. The van der Waals surface area contributed by atoms with E-state index < -0.39 is 17.7 Å². The van der Waals surface area contributed by atoms with Crippen molar-refractivity contribution >= 4 is 35.3 Å². The van der Waals surface area contributed by atoms with E-state index in [-0.39, 0.29) is 11.7 Å². The number of amides is 2. The van der Waals surface area contributed by atoms with Gasteiger partial charge in [-0.3, -0.25) is 9.59 Å². The highest BCUT2D eigenvalue weighted by Crippen LogP contribution is 2.20. The first kappa shape index (κ1) is 21.2. The van der Waals surface area contributed by atoms with Crippen LogP contribution < -0.4 is 15.5 Å². The van der Waals surface area contributed by atoms with Gasteiger partial charge in [0.05, 0.1) is 13.3 Å². The van der Waals surface area contributed by atoms with Crippen molar-refractivity contribution < 1.29 is 19.4 Å². The molecule has 0 fully saturated rings. The number of anilines is 1. The Kier molecular flexibility index (Phi) is 7.40. The van der Waals surface area contributed by atoms with Gasteiger partial charge in [0.2, 0.25) is 5.91 Å². The molecule has 0 saturated carbocycles. The van der Waals surface area contributed by atoms with Crippen LogP contribution in [0.3, 0.4) is 0 Å². The predicted octanol–water partition coefficient (Wildman–Crippen LogP) is 3.42. The summed E-state index contributed by atoms with van der Waals surface area (Å²) >= 11 is 5.87. The molecule has 0 aliphatic heterocycles. The Balaban J connectivity index is 2.04. The first-order valence-electron chi connectivity index (χ1n) is 8.58. The SMILES string of the molecule is COc1ccc(NC(=O)C(C(=O)NN=Cc2cc(Cl)ccc2O)C(C)C)cc1. The summed E-state index contributed by atoms with van der Waals surface area (Å²) in [6.07, 6.45) is 1.26. The molecule has 28 heavy (non-hydrogen) atoms. The maximum Gasteiger partial charge on any atom is 0.252 e. The number of phenolic OH excluding ortho intramolecular Hbond substituents is 1. The van der Waals surface area contributed by atoms with Crippen LogP contribution in [-0.4, -0.2) is 30.2 Å². The zero-order valence-corrected chi connectivity index (χ0v) is 16.5. The third-order valence-electron chi connectivity index (χ3n) is 3.96. The Morgan fingerprint density at radius 3 is 2.43 bits per heavy atom. The molecule has 0 saturated heterocycles. The zero-order valence-electron chi connectivity index (χ0n) is 15.8. The number of rotatable bonds is 7. The van der Waals surface area contributed by atoms with Gasteiger partial charge in [0.25, 0.3) is 5.91 Å². The van der Waals surface area contributed by atoms with Gasteiger partial charge in [0.15, 0.2) is 0 Å². The molecule has 0 aliphatic carbocycles. The molecular formula is C20H22ClN3O4. The summed E-state index contributed by atoms with van der Waals surface area (Å²) in [5, 5.41) is 16.7. The molecule has 2 aromatic carbocycles. The molecule has 0 spiro atoms. The number of hydrogen-bond acceptors (Lipinski definition) is 5. The molecule has 2 amide bonds. The smallest absolute Gasteiger partial charge is 0.252 e. The molecule has 0 heterocycles. The Morgan fingerprint density at radius 1 is 1.14 bits per heavy atom. The number of halogens is 1. The third kappa shape index (κ3) is 5.72. The molecule has 148 valence electrons. The van der Waals surface area contributed by atoms with Crippen molar-refractivity contribution in [1.82, 2.24) is 5.43 Å². The minimum Gasteiger partial charge on any atom is -0.507 e. The van der Waals surface area contributed by atoms with Crippen LogP contribution in [0.25, 0.3) is 0 Å². The molecule has 7 nitrogen and oxygen atoms in total. The van der Waals surface area contributed by atoms with Crippen LogP contribution in [0, 0.1) is 11.8 Å². The lowest BCUT2D eigenvalue weighted by Gasteiger charge is -2.18. The number of benzene rings is 2. The zero-order chi connectivity index (χ0) is 20.7. The van der Waals surface area contributed by atoms with Crippen LogP contribution in [0.2, 0.25) is 5.02 Å². The summed E-state index contributed by atoms with van der Waals surface area (Å²) < 4.78 is 5.08.